The van der Waals surface area contributed by atoms with E-state index in [4.69, 9.17) is 5.73 Å². The minimum atomic E-state index is -0.298. The maximum absolute atomic E-state index is 12.7. The molecular weight excluding hydrogens is 304 g/mol. The number of nitrogens with one attached hydrogen (secondary N) is 1. The molecule has 0 aliphatic carbocycles. The molecule has 1 atom stereocenters. The van der Waals surface area contributed by atoms with Crippen molar-refractivity contribution in [2.75, 3.05) is 45.8 Å². The fourth-order valence-electron chi connectivity index (χ4n) is 2.86. The molecule has 1 aromatic carbocycles. The molecule has 1 aliphatic rings. The standard InChI is InChI=1S/C18H26N4O2/c1-2-8-20-17(23)14-21-9-11-22(12-10-21)18(24)16(13-19)15-6-4-3-5-7-15/h2-7,16H,1,8-14,19H2,(H,20,23). The second-order valence-corrected chi connectivity index (χ2v) is 5.89. The van der Waals surface area contributed by atoms with Crippen molar-refractivity contribution in [1.82, 2.24) is 15.1 Å². The molecule has 0 bridgehead atoms. The normalized spacial score (nSPS) is 16.5. The summed E-state index contributed by atoms with van der Waals surface area (Å²) >= 11 is 0. The van der Waals surface area contributed by atoms with E-state index < -0.39 is 0 Å². The van der Waals surface area contributed by atoms with Crippen molar-refractivity contribution in [3.05, 3.63) is 48.6 Å². The number of carbonyl (C=O) groups excluding carboxylic acids is 2. The van der Waals surface area contributed by atoms with Crippen molar-refractivity contribution in [2.24, 2.45) is 5.73 Å². The van der Waals surface area contributed by atoms with E-state index in [1.807, 2.05) is 35.2 Å². The molecule has 1 saturated heterocycles. The van der Waals surface area contributed by atoms with Crippen LogP contribution in [0.3, 0.4) is 0 Å². The van der Waals surface area contributed by atoms with Gasteiger partial charge < -0.3 is 16.0 Å². The Kier molecular flexibility index (Phi) is 6.96. The van der Waals surface area contributed by atoms with Crippen LogP contribution < -0.4 is 11.1 Å². The number of rotatable bonds is 7. The van der Waals surface area contributed by atoms with Gasteiger partial charge in [0.1, 0.15) is 0 Å². The van der Waals surface area contributed by atoms with E-state index >= 15 is 0 Å². The number of hydrogen-bond donors (Lipinski definition) is 2. The first-order valence-corrected chi connectivity index (χ1v) is 8.29. The van der Waals surface area contributed by atoms with E-state index in [1.165, 1.54) is 0 Å². The summed E-state index contributed by atoms with van der Waals surface area (Å²) in [5.74, 6) is -0.244. The SMILES string of the molecule is C=CCNC(=O)CN1CCN(C(=O)C(CN)c2ccccc2)CC1. The molecule has 1 aliphatic heterocycles. The molecule has 0 saturated carbocycles. The van der Waals surface area contributed by atoms with Crippen LogP contribution in [-0.4, -0.2) is 67.4 Å². The summed E-state index contributed by atoms with van der Waals surface area (Å²) < 4.78 is 0. The minimum Gasteiger partial charge on any atom is -0.352 e. The second-order valence-electron chi connectivity index (χ2n) is 5.89. The highest BCUT2D eigenvalue weighted by molar-refractivity contribution is 5.84. The molecule has 0 radical (unpaired) electrons. The summed E-state index contributed by atoms with van der Waals surface area (Å²) in [6.07, 6.45) is 1.66. The van der Waals surface area contributed by atoms with Crippen LogP contribution in [0, 0.1) is 0 Å². The summed E-state index contributed by atoms with van der Waals surface area (Å²) in [6.45, 7) is 7.34. The lowest BCUT2D eigenvalue weighted by atomic mass is 9.97. The number of benzene rings is 1. The quantitative estimate of drug-likeness (QED) is 0.699. The Morgan fingerprint density at radius 1 is 1.21 bits per heavy atom. The fourth-order valence-corrected chi connectivity index (χ4v) is 2.86. The molecule has 1 aromatic rings. The number of amides is 2. The molecule has 2 amide bonds. The maximum Gasteiger partial charge on any atom is 0.234 e. The molecule has 1 fully saturated rings. The van der Waals surface area contributed by atoms with E-state index in [2.05, 4.69) is 16.8 Å². The monoisotopic (exact) mass is 330 g/mol. The topological polar surface area (TPSA) is 78.7 Å². The number of hydrogen-bond acceptors (Lipinski definition) is 4. The molecular formula is C18H26N4O2. The van der Waals surface area contributed by atoms with Crippen molar-refractivity contribution >= 4 is 11.8 Å². The van der Waals surface area contributed by atoms with Gasteiger partial charge in [-0.3, -0.25) is 14.5 Å². The van der Waals surface area contributed by atoms with Crippen LogP contribution in [0.4, 0.5) is 0 Å². The Morgan fingerprint density at radius 2 is 1.88 bits per heavy atom. The van der Waals surface area contributed by atoms with E-state index in [-0.39, 0.29) is 17.7 Å². The first-order chi connectivity index (χ1) is 11.7. The lowest BCUT2D eigenvalue weighted by Gasteiger charge is -2.36. The highest BCUT2D eigenvalue weighted by Crippen LogP contribution is 2.18. The Bertz CT molecular complexity index is 553. The molecule has 0 spiro atoms. The molecule has 6 heteroatoms. The molecule has 24 heavy (non-hydrogen) atoms. The zero-order valence-corrected chi connectivity index (χ0v) is 14.0. The molecule has 1 heterocycles. The number of nitrogens with two attached hydrogens (primary N) is 1. The Morgan fingerprint density at radius 3 is 2.46 bits per heavy atom. The van der Waals surface area contributed by atoms with Gasteiger partial charge >= 0.3 is 0 Å². The molecule has 3 N–H and O–H groups in total. The molecule has 2 rings (SSSR count). The Balaban J connectivity index is 1.86. The highest BCUT2D eigenvalue weighted by Gasteiger charge is 2.28. The molecule has 6 nitrogen and oxygen atoms in total. The third-order valence-electron chi connectivity index (χ3n) is 4.23. The van der Waals surface area contributed by atoms with Crippen LogP contribution in [0.5, 0.6) is 0 Å². The lowest BCUT2D eigenvalue weighted by molar-refractivity contribution is -0.134. The zero-order chi connectivity index (χ0) is 17.4. The highest BCUT2D eigenvalue weighted by atomic mass is 16.2. The largest absolute Gasteiger partial charge is 0.352 e. The average Bonchev–Trinajstić information content (AvgIpc) is 2.62. The predicted octanol–water partition coefficient (Wildman–Crippen LogP) is 0.175. The van der Waals surface area contributed by atoms with Gasteiger partial charge in [0.2, 0.25) is 11.8 Å². The van der Waals surface area contributed by atoms with Gasteiger partial charge in [-0.2, -0.15) is 0 Å². The summed E-state index contributed by atoms with van der Waals surface area (Å²) in [7, 11) is 0. The van der Waals surface area contributed by atoms with E-state index in [1.54, 1.807) is 6.08 Å². The Hall–Kier alpha value is -2.18. The van der Waals surface area contributed by atoms with Gasteiger partial charge in [0, 0.05) is 39.3 Å². The van der Waals surface area contributed by atoms with Crippen molar-refractivity contribution in [2.45, 2.75) is 5.92 Å². The van der Waals surface area contributed by atoms with Gasteiger partial charge in [0.15, 0.2) is 0 Å². The summed E-state index contributed by atoms with van der Waals surface area (Å²) in [5, 5.41) is 2.77. The van der Waals surface area contributed by atoms with E-state index in [0.717, 1.165) is 5.56 Å². The smallest absolute Gasteiger partial charge is 0.234 e. The summed E-state index contributed by atoms with van der Waals surface area (Å²) in [5.41, 5.74) is 6.79. The first kappa shape index (κ1) is 18.2. The van der Waals surface area contributed by atoms with Crippen molar-refractivity contribution in [1.29, 1.82) is 0 Å². The number of piperazine rings is 1. The zero-order valence-electron chi connectivity index (χ0n) is 14.0. The van der Waals surface area contributed by atoms with Crippen LogP contribution >= 0.6 is 0 Å². The van der Waals surface area contributed by atoms with Gasteiger partial charge in [-0.15, -0.1) is 6.58 Å². The third kappa shape index (κ3) is 4.91. The Labute approximate surface area is 143 Å². The van der Waals surface area contributed by atoms with Gasteiger partial charge in [0.05, 0.1) is 12.5 Å². The van der Waals surface area contributed by atoms with Gasteiger partial charge in [-0.05, 0) is 5.56 Å². The van der Waals surface area contributed by atoms with Gasteiger partial charge in [0.25, 0.3) is 0 Å². The number of carbonyl (C=O) groups is 2. The number of nitrogens with zero attached hydrogens (tertiary/aromatic N) is 2. The van der Waals surface area contributed by atoms with Crippen molar-refractivity contribution in [3.63, 3.8) is 0 Å². The fraction of sp³-hybridized carbons (Fsp3) is 0.444. The molecule has 0 aromatic heterocycles. The minimum absolute atomic E-state index is 0.0150. The molecule has 1 unspecified atom stereocenters. The first-order valence-electron chi connectivity index (χ1n) is 8.29. The molecule has 130 valence electrons. The van der Waals surface area contributed by atoms with E-state index in [9.17, 15) is 9.59 Å². The van der Waals surface area contributed by atoms with Crippen LogP contribution in [-0.2, 0) is 9.59 Å². The summed E-state index contributed by atoms with van der Waals surface area (Å²) in [4.78, 5) is 28.4. The summed E-state index contributed by atoms with van der Waals surface area (Å²) in [6, 6.07) is 9.65. The van der Waals surface area contributed by atoms with Crippen LogP contribution in [0.1, 0.15) is 11.5 Å². The van der Waals surface area contributed by atoms with Crippen LogP contribution in [0.15, 0.2) is 43.0 Å². The second kappa shape index (κ2) is 9.20. The van der Waals surface area contributed by atoms with E-state index in [0.29, 0.717) is 45.8 Å². The van der Waals surface area contributed by atoms with Crippen molar-refractivity contribution in [3.8, 4) is 0 Å². The van der Waals surface area contributed by atoms with Crippen LogP contribution in [0.25, 0.3) is 0 Å². The lowest BCUT2D eigenvalue weighted by Crippen LogP contribution is -2.52. The van der Waals surface area contributed by atoms with Crippen molar-refractivity contribution < 1.29 is 9.59 Å². The van der Waals surface area contributed by atoms with Gasteiger partial charge in [-0.25, -0.2) is 0 Å². The average molecular weight is 330 g/mol. The predicted molar refractivity (Wildman–Crippen MR) is 94.5 cm³/mol. The third-order valence-corrected chi connectivity index (χ3v) is 4.23. The van der Waals surface area contributed by atoms with Crippen LogP contribution in [0.2, 0.25) is 0 Å². The maximum atomic E-state index is 12.7. The van der Waals surface area contributed by atoms with Gasteiger partial charge in [-0.1, -0.05) is 36.4 Å².